The molecular formula is C14H14N2O2. The summed E-state index contributed by atoms with van der Waals surface area (Å²) < 4.78 is 5.37. The van der Waals surface area contributed by atoms with Crippen LogP contribution in [0.5, 0.6) is 5.75 Å². The molecule has 1 aromatic carbocycles. The van der Waals surface area contributed by atoms with E-state index in [1.54, 1.807) is 6.20 Å². The molecule has 0 unspecified atom stereocenters. The normalized spacial score (nSPS) is 10.1. The van der Waals surface area contributed by atoms with Crippen molar-refractivity contribution in [3.05, 3.63) is 42.4 Å². The number of hydrogen-bond donors (Lipinski definition) is 0. The maximum Gasteiger partial charge on any atom is 0.179 e. The van der Waals surface area contributed by atoms with E-state index in [9.17, 15) is 4.79 Å². The lowest BCUT2D eigenvalue weighted by Gasteiger charge is -2.04. The highest BCUT2D eigenvalue weighted by molar-refractivity contribution is 5.91. The molecule has 0 saturated carbocycles. The number of hydrogen-bond acceptors (Lipinski definition) is 4. The van der Waals surface area contributed by atoms with E-state index in [1.807, 2.05) is 31.2 Å². The molecule has 0 N–H and O–H groups in total. The molecule has 1 aromatic heterocycles. The quantitative estimate of drug-likeness (QED) is 0.773. The molecule has 18 heavy (non-hydrogen) atoms. The zero-order chi connectivity index (χ0) is 13.0. The van der Waals surface area contributed by atoms with Crippen LogP contribution in [0.15, 0.2) is 36.7 Å². The van der Waals surface area contributed by atoms with Crippen LogP contribution in [-0.4, -0.2) is 22.4 Å². The fraction of sp³-hybridized carbons (Fsp3) is 0.214. The van der Waals surface area contributed by atoms with Crippen LogP contribution >= 0.6 is 0 Å². The summed E-state index contributed by atoms with van der Waals surface area (Å²) in [5, 5.41) is 0. The van der Waals surface area contributed by atoms with Crippen LogP contribution in [-0.2, 0) is 0 Å². The van der Waals surface area contributed by atoms with Gasteiger partial charge in [0, 0.05) is 12.5 Å². The number of ether oxygens (including phenoxy) is 1. The van der Waals surface area contributed by atoms with Crippen molar-refractivity contribution in [3.8, 4) is 17.0 Å². The fourth-order valence-corrected chi connectivity index (χ4v) is 1.55. The van der Waals surface area contributed by atoms with E-state index < -0.39 is 0 Å². The summed E-state index contributed by atoms with van der Waals surface area (Å²) in [7, 11) is 0. The van der Waals surface area contributed by atoms with Crippen LogP contribution in [0.25, 0.3) is 11.3 Å². The van der Waals surface area contributed by atoms with E-state index in [1.165, 1.54) is 13.1 Å². The van der Waals surface area contributed by atoms with Gasteiger partial charge in [-0.3, -0.25) is 9.78 Å². The highest BCUT2D eigenvalue weighted by Gasteiger charge is 2.04. The van der Waals surface area contributed by atoms with Gasteiger partial charge in [0.05, 0.1) is 24.7 Å². The molecule has 4 heteroatoms. The Morgan fingerprint density at radius 1 is 1.17 bits per heavy atom. The van der Waals surface area contributed by atoms with Gasteiger partial charge in [-0.1, -0.05) is 0 Å². The first-order valence-electron chi connectivity index (χ1n) is 5.77. The molecule has 2 aromatic rings. The lowest BCUT2D eigenvalue weighted by Crippen LogP contribution is -1.98. The van der Waals surface area contributed by atoms with Gasteiger partial charge < -0.3 is 4.74 Å². The Labute approximate surface area is 106 Å². The number of nitrogens with zero attached hydrogens (tertiary/aromatic N) is 2. The fourth-order valence-electron chi connectivity index (χ4n) is 1.55. The molecule has 0 radical (unpaired) electrons. The molecule has 92 valence electrons. The molecule has 1 heterocycles. The minimum atomic E-state index is -0.0826. The minimum Gasteiger partial charge on any atom is -0.494 e. The first kappa shape index (κ1) is 12.2. The van der Waals surface area contributed by atoms with Crippen LogP contribution in [0.3, 0.4) is 0 Å². The number of carbonyl (C=O) groups is 1. The standard InChI is InChI=1S/C14H14N2O2/c1-3-18-12-6-4-11(5-7-12)14-9-15-13(8-16-14)10(2)17/h4-9H,3H2,1-2H3. The van der Waals surface area contributed by atoms with E-state index in [0.29, 0.717) is 12.3 Å². The highest BCUT2D eigenvalue weighted by Crippen LogP contribution is 2.20. The number of aromatic nitrogens is 2. The van der Waals surface area contributed by atoms with E-state index in [2.05, 4.69) is 9.97 Å². The molecule has 0 aliphatic heterocycles. The van der Waals surface area contributed by atoms with Crippen molar-refractivity contribution in [3.63, 3.8) is 0 Å². The summed E-state index contributed by atoms with van der Waals surface area (Å²) >= 11 is 0. The van der Waals surface area contributed by atoms with Crippen molar-refractivity contribution in [2.75, 3.05) is 6.61 Å². The van der Waals surface area contributed by atoms with Gasteiger partial charge in [0.15, 0.2) is 5.78 Å². The Bertz CT molecular complexity index is 533. The Kier molecular flexibility index (Phi) is 3.67. The average molecular weight is 242 g/mol. The Morgan fingerprint density at radius 3 is 2.39 bits per heavy atom. The first-order chi connectivity index (χ1) is 8.70. The van der Waals surface area contributed by atoms with Gasteiger partial charge in [-0.15, -0.1) is 0 Å². The first-order valence-corrected chi connectivity index (χ1v) is 5.77. The Morgan fingerprint density at radius 2 is 1.89 bits per heavy atom. The monoisotopic (exact) mass is 242 g/mol. The highest BCUT2D eigenvalue weighted by atomic mass is 16.5. The third-order valence-electron chi connectivity index (χ3n) is 2.47. The van der Waals surface area contributed by atoms with Crippen LogP contribution in [0.1, 0.15) is 24.3 Å². The molecule has 0 aliphatic rings. The predicted molar refractivity (Wildman–Crippen MR) is 68.6 cm³/mol. The Balaban J connectivity index is 2.23. The topological polar surface area (TPSA) is 52.1 Å². The zero-order valence-corrected chi connectivity index (χ0v) is 10.4. The van der Waals surface area contributed by atoms with Crippen LogP contribution in [0, 0.1) is 0 Å². The van der Waals surface area contributed by atoms with Crippen molar-refractivity contribution < 1.29 is 9.53 Å². The van der Waals surface area contributed by atoms with Gasteiger partial charge in [-0.25, -0.2) is 4.98 Å². The average Bonchev–Trinajstić information content (AvgIpc) is 2.40. The third-order valence-corrected chi connectivity index (χ3v) is 2.47. The van der Waals surface area contributed by atoms with Gasteiger partial charge in [0.25, 0.3) is 0 Å². The second kappa shape index (κ2) is 5.40. The van der Waals surface area contributed by atoms with Gasteiger partial charge in [0.2, 0.25) is 0 Å². The lowest BCUT2D eigenvalue weighted by molar-refractivity contribution is 0.101. The summed E-state index contributed by atoms with van der Waals surface area (Å²) in [5.41, 5.74) is 2.06. The summed E-state index contributed by atoms with van der Waals surface area (Å²) in [6.07, 6.45) is 3.10. The van der Waals surface area contributed by atoms with Crippen molar-refractivity contribution in [1.29, 1.82) is 0 Å². The molecule has 0 spiro atoms. The SMILES string of the molecule is CCOc1ccc(-c2cnc(C(C)=O)cn2)cc1. The van der Waals surface area contributed by atoms with Crippen molar-refractivity contribution in [2.24, 2.45) is 0 Å². The second-order valence-electron chi connectivity index (χ2n) is 3.80. The number of carbonyl (C=O) groups excluding carboxylic acids is 1. The van der Waals surface area contributed by atoms with E-state index in [4.69, 9.17) is 4.74 Å². The van der Waals surface area contributed by atoms with E-state index in [-0.39, 0.29) is 5.78 Å². The van der Waals surface area contributed by atoms with E-state index >= 15 is 0 Å². The summed E-state index contributed by atoms with van der Waals surface area (Å²) in [6.45, 7) is 4.06. The molecule has 0 amide bonds. The van der Waals surface area contributed by atoms with Gasteiger partial charge in [-0.05, 0) is 31.2 Å². The number of benzene rings is 1. The van der Waals surface area contributed by atoms with Gasteiger partial charge in [-0.2, -0.15) is 0 Å². The molecule has 0 bridgehead atoms. The molecule has 0 aliphatic carbocycles. The molecular weight excluding hydrogens is 228 g/mol. The summed E-state index contributed by atoms with van der Waals surface area (Å²) in [4.78, 5) is 19.4. The van der Waals surface area contributed by atoms with E-state index in [0.717, 1.165) is 17.0 Å². The number of ketones is 1. The number of Topliss-reactive ketones (excluding diaryl/α,β-unsaturated/α-hetero) is 1. The second-order valence-corrected chi connectivity index (χ2v) is 3.80. The summed E-state index contributed by atoms with van der Waals surface area (Å²) in [5.74, 6) is 0.746. The van der Waals surface area contributed by atoms with Gasteiger partial charge >= 0.3 is 0 Å². The molecule has 0 saturated heterocycles. The lowest BCUT2D eigenvalue weighted by atomic mass is 10.1. The smallest absolute Gasteiger partial charge is 0.179 e. The maximum absolute atomic E-state index is 11.1. The van der Waals surface area contributed by atoms with Crippen LogP contribution in [0.4, 0.5) is 0 Å². The zero-order valence-electron chi connectivity index (χ0n) is 10.4. The molecule has 0 atom stereocenters. The summed E-state index contributed by atoms with van der Waals surface area (Å²) in [6, 6.07) is 7.61. The molecule has 0 fully saturated rings. The maximum atomic E-state index is 11.1. The molecule has 2 rings (SSSR count). The third kappa shape index (κ3) is 2.71. The van der Waals surface area contributed by atoms with Crippen LogP contribution < -0.4 is 4.74 Å². The minimum absolute atomic E-state index is 0.0826. The van der Waals surface area contributed by atoms with Crippen molar-refractivity contribution >= 4 is 5.78 Å². The van der Waals surface area contributed by atoms with Crippen LogP contribution in [0.2, 0.25) is 0 Å². The van der Waals surface area contributed by atoms with Crippen molar-refractivity contribution in [1.82, 2.24) is 9.97 Å². The van der Waals surface area contributed by atoms with Crippen molar-refractivity contribution in [2.45, 2.75) is 13.8 Å². The predicted octanol–water partition coefficient (Wildman–Crippen LogP) is 2.74. The Hall–Kier alpha value is -2.23. The number of rotatable bonds is 4. The van der Waals surface area contributed by atoms with Gasteiger partial charge in [0.1, 0.15) is 11.4 Å². The molecule has 4 nitrogen and oxygen atoms in total. The largest absolute Gasteiger partial charge is 0.494 e.